The van der Waals surface area contributed by atoms with Crippen molar-refractivity contribution in [1.29, 1.82) is 0 Å². The lowest BCUT2D eigenvalue weighted by atomic mass is 10.2. The fourth-order valence-corrected chi connectivity index (χ4v) is 0.435. The zero-order valence-electron chi connectivity index (χ0n) is 8.10. The monoisotopic (exact) mass is 161 g/mol. The molecule has 3 heteroatoms. The predicted molar refractivity (Wildman–Crippen MR) is 46.5 cm³/mol. The molecule has 0 aromatic rings. The fraction of sp³-hybridized carbons (Fsp3) is 0.875. The normalized spacial score (nSPS) is 11.0. The van der Waals surface area contributed by atoms with Gasteiger partial charge in [0.1, 0.15) is 0 Å². The van der Waals surface area contributed by atoms with Crippen LogP contribution in [0.1, 0.15) is 27.2 Å². The summed E-state index contributed by atoms with van der Waals surface area (Å²) in [4.78, 5) is 10.5. The van der Waals surface area contributed by atoms with E-state index in [9.17, 15) is 4.79 Å². The van der Waals surface area contributed by atoms with Crippen molar-refractivity contribution in [2.45, 2.75) is 33.2 Å². The highest BCUT2D eigenvalue weighted by molar-refractivity contribution is 5.69. The number of rotatable bonds is 3. The van der Waals surface area contributed by atoms with Crippen LogP contribution in [-0.2, 0) is 9.53 Å². The summed E-state index contributed by atoms with van der Waals surface area (Å²) >= 11 is 0. The van der Waals surface area contributed by atoms with E-state index >= 15 is 0 Å². The van der Waals surface area contributed by atoms with E-state index < -0.39 is 0 Å². The van der Waals surface area contributed by atoms with E-state index in [1.165, 1.54) is 7.11 Å². The molecule has 1 N–H and O–H groups in total. The number of hydrogen-bond acceptors (Lipinski definition) is 3. The Morgan fingerprint density at radius 3 is 2.27 bits per heavy atom. The van der Waals surface area contributed by atoms with E-state index in [-0.39, 0.29) is 12.0 Å². The number of hydrogen-bond donors (Lipinski definition) is 1. The largest absolute Gasteiger partial charge is 0.469 e. The van der Waals surface area contributed by atoms with Gasteiger partial charge in [0.15, 0.2) is 0 Å². The standard InChI is InChI=1S/C6H13NO2.C2H6/c1-5(7-2)4-6(8)9-3;1-2/h5,7H,4H2,1-3H3;1-2H3. The molecule has 0 fully saturated rings. The zero-order chi connectivity index (χ0) is 9.28. The van der Waals surface area contributed by atoms with Gasteiger partial charge in [0.05, 0.1) is 13.5 Å². The lowest BCUT2D eigenvalue weighted by molar-refractivity contribution is -0.141. The van der Waals surface area contributed by atoms with Crippen molar-refractivity contribution in [2.75, 3.05) is 14.2 Å². The summed E-state index contributed by atoms with van der Waals surface area (Å²) in [5, 5.41) is 2.93. The minimum absolute atomic E-state index is 0.170. The number of carbonyl (C=O) groups excluding carboxylic acids is 1. The minimum Gasteiger partial charge on any atom is -0.469 e. The molecule has 0 aliphatic carbocycles. The van der Waals surface area contributed by atoms with Crippen LogP contribution >= 0.6 is 0 Å². The highest BCUT2D eigenvalue weighted by Crippen LogP contribution is 1.90. The van der Waals surface area contributed by atoms with Crippen molar-refractivity contribution in [3.63, 3.8) is 0 Å². The summed E-state index contributed by atoms with van der Waals surface area (Å²) in [6, 6.07) is 0.206. The topological polar surface area (TPSA) is 38.3 Å². The van der Waals surface area contributed by atoms with Crippen LogP contribution in [0.2, 0.25) is 0 Å². The Balaban J connectivity index is 0. The van der Waals surface area contributed by atoms with Gasteiger partial charge in [-0.2, -0.15) is 0 Å². The number of methoxy groups -OCH3 is 1. The lowest BCUT2D eigenvalue weighted by Crippen LogP contribution is -2.24. The summed E-state index contributed by atoms with van der Waals surface area (Å²) in [5.41, 5.74) is 0. The first-order valence-electron chi connectivity index (χ1n) is 3.94. The van der Waals surface area contributed by atoms with Crippen molar-refractivity contribution in [1.82, 2.24) is 5.32 Å². The Morgan fingerprint density at radius 2 is 2.00 bits per heavy atom. The molecule has 0 aromatic carbocycles. The van der Waals surface area contributed by atoms with E-state index in [2.05, 4.69) is 10.1 Å². The average Bonchev–Trinajstić information content (AvgIpc) is 2.07. The number of ether oxygens (including phenoxy) is 1. The molecule has 0 aliphatic rings. The summed E-state index contributed by atoms with van der Waals surface area (Å²) < 4.78 is 4.44. The summed E-state index contributed by atoms with van der Waals surface area (Å²) in [7, 11) is 3.21. The minimum atomic E-state index is -0.170. The van der Waals surface area contributed by atoms with Gasteiger partial charge in [-0.25, -0.2) is 0 Å². The third kappa shape index (κ3) is 9.43. The Labute approximate surface area is 69.1 Å². The van der Waals surface area contributed by atoms with E-state index in [0.29, 0.717) is 6.42 Å². The maximum atomic E-state index is 10.5. The maximum Gasteiger partial charge on any atom is 0.307 e. The molecule has 0 rings (SSSR count). The molecule has 0 radical (unpaired) electrons. The van der Waals surface area contributed by atoms with Gasteiger partial charge in [0.2, 0.25) is 0 Å². The summed E-state index contributed by atoms with van der Waals surface area (Å²) in [6.45, 7) is 5.93. The van der Waals surface area contributed by atoms with E-state index in [4.69, 9.17) is 0 Å². The lowest BCUT2D eigenvalue weighted by Gasteiger charge is -2.06. The molecule has 0 heterocycles. The molecule has 0 amide bonds. The molecule has 0 saturated heterocycles. The van der Waals surface area contributed by atoms with Gasteiger partial charge < -0.3 is 10.1 Å². The second-order valence-electron chi connectivity index (χ2n) is 1.97. The number of carbonyl (C=O) groups is 1. The molecule has 3 nitrogen and oxygen atoms in total. The second kappa shape index (κ2) is 9.43. The highest BCUT2D eigenvalue weighted by Gasteiger charge is 2.04. The summed E-state index contributed by atoms with van der Waals surface area (Å²) in [6.07, 6.45) is 0.438. The molecule has 0 spiro atoms. The first-order valence-corrected chi connectivity index (χ1v) is 3.94. The molecule has 11 heavy (non-hydrogen) atoms. The van der Waals surface area contributed by atoms with Gasteiger partial charge in [0.25, 0.3) is 0 Å². The highest BCUT2D eigenvalue weighted by atomic mass is 16.5. The molecule has 1 unspecified atom stereocenters. The van der Waals surface area contributed by atoms with Gasteiger partial charge in [0, 0.05) is 6.04 Å². The van der Waals surface area contributed by atoms with Crippen molar-refractivity contribution in [2.24, 2.45) is 0 Å². The van der Waals surface area contributed by atoms with Crippen LogP contribution in [-0.4, -0.2) is 26.2 Å². The second-order valence-corrected chi connectivity index (χ2v) is 1.97. The van der Waals surface area contributed by atoms with Crippen LogP contribution in [0.15, 0.2) is 0 Å². The van der Waals surface area contributed by atoms with Crippen molar-refractivity contribution < 1.29 is 9.53 Å². The van der Waals surface area contributed by atoms with Crippen LogP contribution in [0, 0.1) is 0 Å². The average molecular weight is 161 g/mol. The molecule has 0 aliphatic heterocycles. The Kier molecular flexibility index (Phi) is 11.2. The van der Waals surface area contributed by atoms with E-state index in [0.717, 1.165) is 0 Å². The van der Waals surface area contributed by atoms with Crippen LogP contribution in [0.25, 0.3) is 0 Å². The molecule has 68 valence electrons. The van der Waals surface area contributed by atoms with Crippen molar-refractivity contribution in [3.05, 3.63) is 0 Å². The third-order valence-electron chi connectivity index (χ3n) is 1.19. The predicted octanol–water partition coefficient (Wildman–Crippen LogP) is 1.18. The first-order chi connectivity index (χ1) is 5.20. The van der Waals surface area contributed by atoms with Crippen LogP contribution < -0.4 is 5.32 Å². The maximum absolute atomic E-state index is 10.5. The molecular formula is C8H19NO2. The third-order valence-corrected chi connectivity index (χ3v) is 1.19. The molecule has 0 bridgehead atoms. The molecule has 0 saturated carbocycles. The van der Waals surface area contributed by atoms with Crippen LogP contribution in [0.4, 0.5) is 0 Å². The van der Waals surface area contributed by atoms with E-state index in [1.54, 1.807) is 0 Å². The quantitative estimate of drug-likeness (QED) is 0.632. The molecule has 1 atom stereocenters. The molecular weight excluding hydrogens is 142 g/mol. The number of nitrogens with one attached hydrogen (secondary N) is 1. The van der Waals surface area contributed by atoms with E-state index in [1.807, 2.05) is 27.8 Å². The van der Waals surface area contributed by atoms with Gasteiger partial charge in [-0.15, -0.1) is 0 Å². The van der Waals surface area contributed by atoms with Gasteiger partial charge in [-0.05, 0) is 14.0 Å². The fourth-order valence-electron chi connectivity index (χ4n) is 0.435. The number of esters is 1. The Bertz CT molecular complexity index is 94.1. The smallest absolute Gasteiger partial charge is 0.307 e. The Hall–Kier alpha value is -0.570. The summed E-state index contributed by atoms with van der Waals surface area (Å²) in [5.74, 6) is -0.170. The first kappa shape index (κ1) is 13.1. The van der Waals surface area contributed by atoms with Gasteiger partial charge in [-0.1, -0.05) is 13.8 Å². The van der Waals surface area contributed by atoms with Crippen LogP contribution in [0.5, 0.6) is 0 Å². The zero-order valence-corrected chi connectivity index (χ0v) is 8.10. The SMILES string of the molecule is CC.CNC(C)CC(=O)OC. The van der Waals surface area contributed by atoms with Crippen LogP contribution in [0.3, 0.4) is 0 Å². The molecule has 0 aromatic heterocycles. The Morgan fingerprint density at radius 1 is 1.55 bits per heavy atom. The van der Waals surface area contributed by atoms with Gasteiger partial charge >= 0.3 is 5.97 Å². The van der Waals surface area contributed by atoms with Crippen molar-refractivity contribution >= 4 is 5.97 Å². The van der Waals surface area contributed by atoms with Gasteiger partial charge in [-0.3, -0.25) is 4.79 Å². The van der Waals surface area contributed by atoms with Crippen molar-refractivity contribution in [3.8, 4) is 0 Å².